The van der Waals surface area contributed by atoms with E-state index in [-0.39, 0.29) is 12.5 Å². The molecule has 5 heteroatoms. The van der Waals surface area contributed by atoms with Crippen LogP contribution in [-0.2, 0) is 12.4 Å². The molecule has 2 aromatic rings. The number of aromatic nitrogens is 2. The summed E-state index contributed by atoms with van der Waals surface area (Å²) < 4.78 is 5.14. The van der Waals surface area contributed by atoms with Gasteiger partial charge in [0.2, 0.25) is 5.89 Å². The second-order valence-electron chi connectivity index (χ2n) is 4.29. The molecule has 96 valence electrons. The van der Waals surface area contributed by atoms with Gasteiger partial charge in [0.05, 0.1) is 12.4 Å². The highest BCUT2D eigenvalue weighted by molar-refractivity contribution is 7.98. The summed E-state index contributed by atoms with van der Waals surface area (Å²) >= 11 is 1.65. The molecule has 0 amide bonds. The Kier molecular flexibility index (Phi) is 4.38. The van der Waals surface area contributed by atoms with Crippen molar-refractivity contribution >= 4 is 11.8 Å². The Hall–Kier alpha value is -1.33. The molecule has 1 heterocycles. The zero-order chi connectivity index (χ0) is 13.0. The summed E-state index contributed by atoms with van der Waals surface area (Å²) in [4.78, 5) is 5.45. The Morgan fingerprint density at radius 3 is 2.56 bits per heavy atom. The third kappa shape index (κ3) is 3.34. The minimum Gasteiger partial charge on any atom is -0.392 e. The molecular weight excluding hydrogens is 248 g/mol. The first-order valence-electron chi connectivity index (χ1n) is 5.84. The summed E-state index contributed by atoms with van der Waals surface area (Å²) in [5.74, 6) is 2.35. The second kappa shape index (κ2) is 6.02. The van der Waals surface area contributed by atoms with Gasteiger partial charge >= 0.3 is 0 Å². The van der Waals surface area contributed by atoms with E-state index >= 15 is 0 Å². The maximum absolute atomic E-state index is 8.95. The van der Waals surface area contributed by atoms with Crippen LogP contribution < -0.4 is 0 Å². The number of hydrogen-bond acceptors (Lipinski definition) is 5. The van der Waals surface area contributed by atoms with E-state index in [1.807, 2.05) is 38.1 Å². The van der Waals surface area contributed by atoms with Crippen LogP contribution in [0.15, 0.2) is 33.7 Å². The fourth-order valence-electron chi connectivity index (χ4n) is 1.40. The predicted molar refractivity (Wildman–Crippen MR) is 70.3 cm³/mol. The minimum absolute atomic E-state index is 0.0769. The number of nitrogens with zero attached hydrogens (tertiary/aromatic N) is 2. The van der Waals surface area contributed by atoms with Crippen molar-refractivity contribution in [3.63, 3.8) is 0 Å². The second-order valence-corrected chi connectivity index (χ2v) is 5.34. The molecule has 1 N–H and O–H groups in total. The van der Waals surface area contributed by atoms with Crippen LogP contribution in [0.25, 0.3) is 0 Å². The summed E-state index contributed by atoms with van der Waals surface area (Å²) in [5.41, 5.74) is 0.918. The van der Waals surface area contributed by atoms with Gasteiger partial charge < -0.3 is 9.63 Å². The maximum atomic E-state index is 8.95. The van der Waals surface area contributed by atoms with Gasteiger partial charge in [-0.1, -0.05) is 31.1 Å². The average Bonchev–Trinajstić information content (AvgIpc) is 2.86. The molecule has 0 aliphatic carbocycles. The van der Waals surface area contributed by atoms with E-state index in [9.17, 15) is 0 Å². The summed E-state index contributed by atoms with van der Waals surface area (Å²) in [6, 6.07) is 7.80. The van der Waals surface area contributed by atoms with Gasteiger partial charge in [-0.15, -0.1) is 11.8 Å². The van der Waals surface area contributed by atoms with Crippen molar-refractivity contribution in [2.75, 3.05) is 0 Å². The summed E-state index contributed by atoms with van der Waals surface area (Å²) in [7, 11) is 0. The molecule has 2 rings (SSSR count). The lowest BCUT2D eigenvalue weighted by atomic mass is 10.2. The SMILES string of the molecule is CC(C)c1nc(CSc2ccc(CO)cc2)no1. The van der Waals surface area contributed by atoms with Gasteiger partial charge in [0, 0.05) is 10.8 Å². The van der Waals surface area contributed by atoms with Crippen LogP contribution in [0.3, 0.4) is 0 Å². The summed E-state index contributed by atoms with van der Waals surface area (Å²) in [6.45, 7) is 4.13. The fourth-order valence-corrected chi connectivity index (χ4v) is 2.14. The Labute approximate surface area is 110 Å². The summed E-state index contributed by atoms with van der Waals surface area (Å²) in [5, 5.41) is 12.9. The highest BCUT2D eigenvalue weighted by Gasteiger charge is 2.09. The van der Waals surface area contributed by atoms with E-state index in [0.717, 1.165) is 16.3 Å². The molecule has 0 atom stereocenters. The molecule has 1 aromatic heterocycles. The first-order valence-corrected chi connectivity index (χ1v) is 6.82. The van der Waals surface area contributed by atoms with Gasteiger partial charge in [-0.05, 0) is 17.7 Å². The molecule has 0 bridgehead atoms. The number of benzene rings is 1. The number of aliphatic hydroxyl groups excluding tert-OH is 1. The van der Waals surface area contributed by atoms with Crippen LogP contribution in [0.1, 0.15) is 37.0 Å². The average molecular weight is 264 g/mol. The van der Waals surface area contributed by atoms with Crippen molar-refractivity contribution in [3.05, 3.63) is 41.5 Å². The number of hydrogen-bond donors (Lipinski definition) is 1. The number of aliphatic hydroxyl groups is 1. The van der Waals surface area contributed by atoms with Gasteiger partial charge in [0.25, 0.3) is 0 Å². The zero-order valence-electron chi connectivity index (χ0n) is 10.5. The molecule has 4 nitrogen and oxygen atoms in total. The molecule has 1 aromatic carbocycles. The van der Waals surface area contributed by atoms with Crippen molar-refractivity contribution in [2.24, 2.45) is 0 Å². The van der Waals surface area contributed by atoms with E-state index in [1.54, 1.807) is 11.8 Å². The van der Waals surface area contributed by atoms with E-state index in [2.05, 4.69) is 10.1 Å². The minimum atomic E-state index is 0.0769. The molecular formula is C13H16N2O2S. The van der Waals surface area contributed by atoms with Gasteiger partial charge in [0.15, 0.2) is 5.82 Å². The van der Waals surface area contributed by atoms with Crippen LogP contribution in [0.2, 0.25) is 0 Å². The maximum Gasteiger partial charge on any atom is 0.229 e. The van der Waals surface area contributed by atoms with E-state index in [0.29, 0.717) is 11.6 Å². The standard InChI is InChI=1S/C13H16N2O2S/c1-9(2)13-14-12(15-17-13)8-18-11-5-3-10(7-16)4-6-11/h3-6,9,16H,7-8H2,1-2H3. The van der Waals surface area contributed by atoms with Crippen LogP contribution in [0, 0.1) is 0 Å². The molecule has 0 radical (unpaired) electrons. The smallest absolute Gasteiger partial charge is 0.229 e. The molecule has 0 spiro atoms. The normalized spacial score (nSPS) is 11.1. The lowest BCUT2D eigenvalue weighted by molar-refractivity contribution is 0.282. The largest absolute Gasteiger partial charge is 0.392 e. The van der Waals surface area contributed by atoms with E-state index in [1.165, 1.54) is 0 Å². The quantitative estimate of drug-likeness (QED) is 0.841. The van der Waals surface area contributed by atoms with Gasteiger partial charge in [-0.3, -0.25) is 0 Å². The zero-order valence-corrected chi connectivity index (χ0v) is 11.3. The third-order valence-electron chi connectivity index (χ3n) is 2.45. The van der Waals surface area contributed by atoms with Crippen LogP contribution in [0.5, 0.6) is 0 Å². The highest BCUT2D eigenvalue weighted by Crippen LogP contribution is 2.22. The highest BCUT2D eigenvalue weighted by atomic mass is 32.2. The van der Waals surface area contributed by atoms with Crippen molar-refractivity contribution in [1.82, 2.24) is 10.1 Å². The molecule has 0 unspecified atom stereocenters. The Morgan fingerprint density at radius 1 is 1.28 bits per heavy atom. The van der Waals surface area contributed by atoms with Crippen molar-refractivity contribution in [2.45, 2.75) is 37.0 Å². The molecule has 0 fully saturated rings. The van der Waals surface area contributed by atoms with E-state index in [4.69, 9.17) is 9.63 Å². The van der Waals surface area contributed by atoms with Crippen LogP contribution in [-0.4, -0.2) is 15.2 Å². The Balaban J connectivity index is 1.93. The molecule has 0 saturated carbocycles. The first kappa shape index (κ1) is 13.1. The molecule has 0 aliphatic rings. The lowest BCUT2D eigenvalue weighted by Gasteiger charge is -2.00. The van der Waals surface area contributed by atoms with E-state index < -0.39 is 0 Å². The van der Waals surface area contributed by atoms with Crippen LogP contribution in [0.4, 0.5) is 0 Å². The predicted octanol–water partition coefficient (Wildman–Crippen LogP) is 2.98. The summed E-state index contributed by atoms with van der Waals surface area (Å²) in [6.07, 6.45) is 0. The number of rotatable bonds is 5. The van der Waals surface area contributed by atoms with Crippen molar-refractivity contribution in [1.29, 1.82) is 0 Å². The number of thioether (sulfide) groups is 1. The first-order chi connectivity index (χ1) is 8.69. The van der Waals surface area contributed by atoms with Gasteiger partial charge in [0.1, 0.15) is 0 Å². The van der Waals surface area contributed by atoms with Crippen LogP contribution >= 0.6 is 11.8 Å². The molecule has 0 aliphatic heterocycles. The topological polar surface area (TPSA) is 59.2 Å². The monoisotopic (exact) mass is 264 g/mol. The fraction of sp³-hybridized carbons (Fsp3) is 0.385. The lowest BCUT2D eigenvalue weighted by Crippen LogP contribution is -1.88. The Morgan fingerprint density at radius 2 is 2.00 bits per heavy atom. The molecule has 18 heavy (non-hydrogen) atoms. The van der Waals surface area contributed by atoms with Crippen molar-refractivity contribution < 1.29 is 9.63 Å². The van der Waals surface area contributed by atoms with Gasteiger partial charge in [-0.2, -0.15) is 4.98 Å². The third-order valence-corrected chi connectivity index (χ3v) is 3.46. The van der Waals surface area contributed by atoms with Crippen molar-refractivity contribution in [3.8, 4) is 0 Å². The Bertz CT molecular complexity index is 494. The molecule has 0 saturated heterocycles. The van der Waals surface area contributed by atoms with Gasteiger partial charge in [-0.25, -0.2) is 0 Å².